The molecule has 1 unspecified atom stereocenters. The Morgan fingerprint density at radius 1 is 1.53 bits per heavy atom. The number of carboxylic acid groups (broad SMARTS) is 1. The number of carbonyl (C=O) groups is 2. The minimum absolute atomic E-state index is 0.376. The van der Waals surface area contributed by atoms with Gasteiger partial charge in [-0.3, -0.25) is 4.79 Å². The molecule has 0 aromatic heterocycles. The number of rotatable bonds is 2. The number of aliphatic carboxylic acids is 1. The van der Waals surface area contributed by atoms with Gasteiger partial charge in [0.2, 0.25) is 0 Å². The van der Waals surface area contributed by atoms with Gasteiger partial charge in [-0.25, -0.2) is 4.79 Å². The topological polar surface area (TPSA) is 57.6 Å². The van der Waals surface area contributed by atoms with Gasteiger partial charge >= 0.3 is 5.97 Å². The number of likely N-dealkylation sites (tertiary alicyclic amines) is 1. The zero-order valence-corrected chi connectivity index (χ0v) is 9.04. The van der Waals surface area contributed by atoms with E-state index in [4.69, 9.17) is 0 Å². The molecule has 82 valence electrons. The summed E-state index contributed by atoms with van der Waals surface area (Å²) in [6.07, 6.45) is 1.69. The van der Waals surface area contributed by atoms with E-state index in [2.05, 4.69) is 11.8 Å². The van der Waals surface area contributed by atoms with Crippen LogP contribution in [-0.2, 0) is 9.59 Å². The lowest BCUT2D eigenvalue weighted by atomic mass is 9.93. The van der Waals surface area contributed by atoms with Crippen LogP contribution in [0.2, 0.25) is 0 Å². The highest BCUT2D eigenvalue weighted by Gasteiger charge is 2.48. The maximum Gasteiger partial charge on any atom is 0.329 e. The first-order valence-electron chi connectivity index (χ1n) is 5.06. The van der Waals surface area contributed by atoms with Crippen molar-refractivity contribution in [1.29, 1.82) is 0 Å². The van der Waals surface area contributed by atoms with Gasteiger partial charge in [0, 0.05) is 6.54 Å². The van der Waals surface area contributed by atoms with Crippen molar-refractivity contribution in [2.24, 2.45) is 0 Å². The molecule has 1 heterocycles. The van der Waals surface area contributed by atoms with Gasteiger partial charge in [0.25, 0.3) is 5.91 Å². The average Bonchev–Trinajstić information content (AvgIpc) is 2.62. The predicted molar refractivity (Wildman–Crippen MR) is 55.1 cm³/mol. The van der Waals surface area contributed by atoms with Crippen molar-refractivity contribution in [2.75, 3.05) is 6.54 Å². The third-order valence-electron chi connectivity index (χ3n) is 2.95. The second kappa shape index (κ2) is 4.35. The van der Waals surface area contributed by atoms with Gasteiger partial charge in [-0.1, -0.05) is 12.8 Å². The van der Waals surface area contributed by atoms with Crippen LogP contribution in [-0.4, -0.2) is 34.0 Å². The third kappa shape index (κ3) is 1.82. The fourth-order valence-corrected chi connectivity index (χ4v) is 2.09. The van der Waals surface area contributed by atoms with Crippen molar-refractivity contribution >= 4 is 11.9 Å². The van der Waals surface area contributed by atoms with Crippen molar-refractivity contribution in [3.05, 3.63) is 0 Å². The zero-order valence-electron chi connectivity index (χ0n) is 9.04. The molecule has 1 fully saturated rings. The average molecular weight is 209 g/mol. The Hall–Kier alpha value is -1.50. The molecule has 0 aliphatic carbocycles. The fraction of sp³-hybridized carbons (Fsp3) is 0.636. The Labute approximate surface area is 89.3 Å². The summed E-state index contributed by atoms with van der Waals surface area (Å²) < 4.78 is 0. The highest BCUT2D eigenvalue weighted by molar-refractivity contribution is 5.97. The molecule has 0 radical (unpaired) electrons. The molecule has 0 bridgehead atoms. The second-order valence-electron chi connectivity index (χ2n) is 3.63. The van der Waals surface area contributed by atoms with Crippen molar-refractivity contribution in [3.8, 4) is 11.8 Å². The Bertz CT molecular complexity index is 339. The summed E-state index contributed by atoms with van der Waals surface area (Å²) in [6, 6.07) is 0. The summed E-state index contributed by atoms with van der Waals surface area (Å²) in [4.78, 5) is 24.2. The van der Waals surface area contributed by atoms with Gasteiger partial charge in [-0.15, -0.1) is 0 Å². The van der Waals surface area contributed by atoms with Crippen LogP contribution in [0.15, 0.2) is 0 Å². The normalized spacial score (nSPS) is 24.5. The van der Waals surface area contributed by atoms with Gasteiger partial charge in [0.1, 0.15) is 5.54 Å². The van der Waals surface area contributed by atoms with Gasteiger partial charge in [0.15, 0.2) is 0 Å². The van der Waals surface area contributed by atoms with Gasteiger partial charge in [0.05, 0.1) is 0 Å². The van der Waals surface area contributed by atoms with E-state index < -0.39 is 11.5 Å². The van der Waals surface area contributed by atoms with Crippen molar-refractivity contribution < 1.29 is 14.7 Å². The zero-order chi connectivity index (χ0) is 11.5. The first kappa shape index (κ1) is 11.6. The highest BCUT2D eigenvalue weighted by atomic mass is 16.4. The largest absolute Gasteiger partial charge is 0.479 e. The SMILES string of the molecule is CC#CC(=O)N1CCCC1(CC)C(=O)O. The lowest BCUT2D eigenvalue weighted by Crippen LogP contribution is -2.52. The Morgan fingerprint density at radius 2 is 2.20 bits per heavy atom. The number of hydrogen-bond acceptors (Lipinski definition) is 2. The molecular weight excluding hydrogens is 194 g/mol. The number of carboxylic acids is 1. The first-order valence-corrected chi connectivity index (χ1v) is 5.06. The van der Waals surface area contributed by atoms with Gasteiger partial charge in [-0.05, 0) is 32.1 Å². The van der Waals surface area contributed by atoms with Gasteiger partial charge in [-0.2, -0.15) is 0 Å². The minimum Gasteiger partial charge on any atom is -0.479 e. The maximum absolute atomic E-state index is 11.6. The number of amides is 1. The van der Waals surface area contributed by atoms with Crippen LogP contribution in [0.1, 0.15) is 33.1 Å². The molecule has 0 spiro atoms. The standard InChI is InChI=1S/C11H15NO3/c1-3-6-9(13)12-8-5-7-11(12,4-2)10(14)15/h4-5,7-8H2,1-2H3,(H,14,15). The Morgan fingerprint density at radius 3 is 2.67 bits per heavy atom. The van der Waals surface area contributed by atoms with Crippen LogP contribution in [0.4, 0.5) is 0 Å². The van der Waals surface area contributed by atoms with Crippen LogP contribution in [0.25, 0.3) is 0 Å². The van der Waals surface area contributed by atoms with E-state index in [1.807, 2.05) is 0 Å². The molecule has 1 N–H and O–H groups in total. The molecule has 1 rings (SSSR count). The first-order chi connectivity index (χ1) is 7.08. The predicted octanol–water partition coefficient (Wildman–Crippen LogP) is 0.865. The molecule has 0 saturated carbocycles. The summed E-state index contributed by atoms with van der Waals surface area (Å²) in [7, 11) is 0. The van der Waals surface area contributed by atoms with E-state index in [1.165, 1.54) is 4.90 Å². The van der Waals surface area contributed by atoms with Crippen molar-refractivity contribution in [1.82, 2.24) is 4.90 Å². The summed E-state index contributed by atoms with van der Waals surface area (Å²) in [5.74, 6) is 3.62. The molecule has 1 saturated heterocycles. The lowest BCUT2D eigenvalue weighted by Gasteiger charge is -2.32. The van der Waals surface area contributed by atoms with Crippen LogP contribution in [0, 0.1) is 11.8 Å². The Balaban J connectivity index is 3.00. The fourth-order valence-electron chi connectivity index (χ4n) is 2.09. The molecule has 1 aliphatic rings. The summed E-state index contributed by atoms with van der Waals surface area (Å²) >= 11 is 0. The molecule has 1 atom stereocenters. The van der Waals surface area contributed by atoms with Gasteiger partial charge < -0.3 is 10.0 Å². The molecule has 4 nitrogen and oxygen atoms in total. The van der Waals surface area contributed by atoms with E-state index in [1.54, 1.807) is 13.8 Å². The number of carbonyl (C=O) groups excluding carboxylic acids is 1. The smallest absolute Gasteiger partial charge is 0.329 e. The lowest BCUT2D eigenvalue weighted by molar-refractivity contribution is -0.154. The molecule has 15 heavy (non-hydrogen) atoms. The van der Waals surface area contributed by atoms with Crippen molar-refractivity contribution in [2.45, 2.75) is 38.6 Å². The van der Waals surface area contributed by atoms with Crippen LogP contribution < -0.4 is 0 Å². The van der Waals surface area contributed by atoms with E-state index >= 15 is 0 Å². The molecule has 0 aromatic rings. The number of hydrogen-bond donors (Lipinski definition) is 1. The summed E-state index contributed by atoms with van der Waals surface area (Å²) in [5, 5.41) is 9.21. The quantitative estimate of drug-likeness (QED) is 0.686. The highest BCUT2D eigenvalue weighted by Crippen LogP contribution is 2.32. The second-order valence-corrected chi connectivity index (χ2v) is 3.63. The van der Waals surface area contributed by atoms with E-state index in [0.717, 1.165) is 6.42 Å². The van der Waals surface area contributed by atoms with Crippen molar-refractivity contribution in [3.63, 3.8) is 0 Å². The molecule has 1 amide bonds. The molecule has 4 heteroatoms. The summed E-state index contributed by atoms with van der Waals surface area (Å²) in [5.41, 5.74) is -1.03. The van der Waals surface area contributed by atoms with Crippen LogP contribution >= 0.6 is 0 Å². The summed E-state index contributed by atoms with van der Waals surface area (Å²) in [6.45, 7) is 3.86. The van der Waals surface area contributed by atoms with Crippen LogP contribution in [0.3, 0.4) is 0 Å². The number of nitrogens with zero attached hydrogens (tertiary/aromatic N) is 1. The Kier molecular flexibility index (Phi) is 3.35. The molecule has 1 aliphatic heterocycles. The minimum atomic E-state index is -1.03. The van der Waals surface area contributed by atoms with E-state index in [0.29, 0.717) is 19.4 Å². The monoisotopic (exact) mass is 209 g/mol. The maximum atomic E-state index is 11.6. The van der Waals surface area contributed by atoms with E-state index in [-0.39, 0.29) is 5.91 Å². The van der Waals surface area contributed by atoms with Crippen LogP contribution in [0.5, 0.6) is 0 Å². The molecular formula is C11H15NO3. The van der Waals surface area contributed by atoms with E-state index in [9.17, 15) is 14.7 Å². The molecule has 0 aromatic carbocycles. The third-order valence-corrected chi connectivity index (χ3v) is 2.95.